The fourth-order valence-corrected chi connectivity index (χ4v) is 8.88. The van der Waals surface area contributed by atoms with E-state index >= 15 is 0 Å². The van der Waals surface area contributed by atoms with Gasteiger partial charge in [0.2, 0.25) is 0 Å². The van der Waals surface area contributed by atoms with Gasteiger partial charge in [0.25, 0.3) is 0 Å². The maximum atomic E-state index is 6.58. The van der Waals surface area contributed by atoms with Crippen LogP contribution in [0.1, 0.15) is 22.4 Å². The van der Waals surface area contributed by atoms with E-state index in [1.165, 1.54) is 31.7 Å². The maximum Gasteiger partial charge on any atom is 2.00 e. The second kappa shape index (κ2) is 13.7. The molecule has 53 heavy (non-hydrogen) atoms. The monoisotopic (exact) mass is 878 g/mol. The van der Waals surface area contributed by atoms with Crippen LogP contribution in [0, 0.1) is 12.1 Å². The van der Waals surface area contributed by atoms with E-state index in [2.05, 4.69) is 144 Å². The third-order valence-corrected chi connectivity index (χ3v) is 11.0. The summed E-state index contributed by atoms with van der Waals surface area (Å²) >= 11 is 1.80. The molecule has 0 bridgehead atoms. The van der Waals surface area contributed by atoms with Gasteiger partial charge in [0, 0.05) is 50.1 Å². The van der Waals surface area contributed by atoms with Crippen LogP contribution < -0.4 is 4.74 Å². The Kier molecular flexibility index (Phi) is 8.54. The number of pyridine rings is 2. The van der Waals surface area contributed by atoms with E-state index in [0.29, 0.717) is 11.5 Å². The Morgan fingerprint density at radius 1 is 0.547 bits per heavy atom. The van der Waals surface area contributed by atoms with Crippen molar-refractivity contribution in [2.45, 2.75) is 15.2 Å². The molecule has 0 radical (unpaired) electrons. The molecule has 0 saturated carbocycles. The molecule has 4 heterocycles. The molecule has 0 saturated heterocycles. The van der Waals surface area contributed by atoms with E-state index in [1.54, 1.807) is 11.8 Å². The number of hydrogen-bond donors (Lipinski definition) is 0. The average Bonchev–Trinajstić information content (AvgIpc) is 3.55. The molecule has 0 N–H and O–H groups in total. The first-order chi connectivity index (χ1) is 25.8. The summed E-state index contributed by atoms with van der Waals surface area (Å²) in [4.78, 5) is 12.1. The Bertz CT molecular complexity index is 2680. The van der Waals surface area contributed by atoms with Crippen molar-refractivity contribution in [1.29, 1.82) is 0 Å². The van der Waals surface area contributed by atoms with E-state index in [-0.39, 0.29) is 21.1 Å². The van der Waals surface area contributed by atoms with E-state index in [4.69, 9.17) is 14.7 Å². The third-order valence-electron chi connectivity index (χ3n) is 9.87. The number of benzene rings is 6. The summed E-state index contributed by atoms with van der Waals surface area (Å²) in [6.45, 7) is 0. The van der Waals surface area contributed by atoms with Crippen molar-refractivity contribution in [3.05, 3.63) is 211 Å². The molecule has 0 spiro atoms. The number of nitrogens with zero attached hydrogens (tertiary/aromatic N) is 3. The molecular weight excluding hydrogens is 850 g/mol. The van der Waals surface area contributed by atoms with Crippen LogP contribution in [0.3, 0.4) is 0 Å². The first-order valence-corrected chi connectivity index (χ1v) is 18.1. The topological polar surface area (TPSA) is 39.9 Å². The van der Waals surface area contributed by atoms with Crippen molar-refractivity contribution in [3.63, 3.8) is 0 Å². The van der Waals surface area contributed by atoms with Gasteiger partial charge in [0.05, 0.1) is 22.1 Å². The second-order valence-corrected chi connectivity index (χ2v) is 13.9. The fraction of sp³-hybridized carbons (Fsp3) is 0.0213. The molecule has 0 amide bonds. The van der Waals surface area contributed by atoms with Gasteiger partial charge in [-0.05, 0) is 59.3 Å². The Morgan fingerprint density at radius 2 is 1.17 bits per heavy atom. The first-order valence-electron chi connectivity index (χ1n) is 17.2. The number of fused-ring (bicyclic) bond motifs is 5. The van der Waals surface area contributed by atoms with Crippen molar-refractivity contribution in [1.82, 2.24) is 14.5 Å². The van der Waals surface area contributed by atoms with Gasteiger partial charge in [-0.15, -0.1) is 41.5 Å². The van der Waals surface area contributed by atoms with Gasteiger partial charge < -0.3 is 14.3 Å². The molecule has 254 valence electrons. The van der Waals surface area contributed by atoms with Gasteiger partial charge in [0.1, 0.15) is 0 Å². The molecular formula is C47H29N3OPtS. The van der Waals surface area contributed by atoms with Crippen molar-refractivity contribution in [3.8, 4) is 28.4 Å². The van der Waals surface area contributed by atoms with Crippen LogP contribution in [0.5, 0.6) is 11.5 Å². The quantitative estimate of drug-likeness (QED) is 0.156. The summed E-state index contributed by atoms with van der Waals surface area (Å²) in [5.74, 6) is 1.18. The van der Waals surface area contributed by atoms with Crippen molar-refractivity contribution in [2.24, 2.45) is 0 Å². The zero-order valence-electron chi connectivity index (χ0n) is 28.2. The van der Waals surface area contributed by atoms with Gasteiger partial charge in [-0.25, -0.2) is 0 Å². The van der Waals surface area contributed by atoms with E-state index in [9.17, 15) is 0 Å². The summed E-state index contributed by atoms with van der Waals surface area (Å²) in [5, 5.41) is 2.45. The number of ether oxygens (including phenoxy) is 1. The average molecular weight is 879 g/mol. The zero-order valence-corrected chi connectivity index (χ0v) is 31.3. The van der Waals surface area contributed by atoms with Crippen LogP contribution in [0.2, 0.25) is 0 Å². The van der Waals surface area contributed by atoms with E-state index < -0.39 is 5.41 Å². The zero-order chi connectivity index (χ0) is 34.5. The Balaban J connectivity index is 0.00000372. The van der Waals surface area contributed by atoms with Crippen LogP contribution in [0.25, 0.3) is 38.8 Å². The summed E-state index contributed by atoms with van der Waals surface area (Å²) in [7, 11) is 0. The number of rotatable bonds is 6. The predicted molar refractivity (Wildman–Crippen MR) is 208 cm³/mol. The Hall–Kier alpha value is -5.74. The van der Waals surface area contributed by atoms with E-state index in [0.717, 1.165) is 39.2 Å². The molecule has 6 aromatic carbocycles. The molecule has 9 aromatic rings. The summed E-state index contributed by atoms with van der Waals surface area (Å²) in [6, 6.07) is 63.9. The standard InChI is InChI=1S/C47H29N3OS.Pt/c1-5-21-42-37(17-1)38-18-2-6-22-43(38)50(42)34-26-28-48-41(31-34)32-13-11-15-35(29-32)51-36-16-12-14-33(30-36)47(46-25-9-10-27-49-46)39-19-3-7-23-44(39)52-45-24-8-4-20-40(45)47;/h1-28,31H;/q-2;+2. The summed E-state index contributed by atoms with van der Waals surface area (Å²) in [6.07, 6.45) is 3.73. The van der Waals surface area contributed by atoms with Crippen molar-refractivity contribution < 1.29 is 25.8 Å². The van der Waals surface area contributed by atoms with Crippen LogP contribution in [0.4, 0.5) is 0 Å². The van der Waals surface area contributed by atoms with Crippen molar-refractivity contribution >= 4 is 33.6 Å². The largest absolute Gasteiger partial charge is 2.00 e. The van der Waals surface area contributed by atoms with Gasteiger partial charge in [-0.3, -0.25) is 4.98 Å². The third kappa shape index (κ3) is 5.51. The number of para-hydroxylation sites is 2. The molecule has 10 rings (SSSR count). The number of hydrogen-bond acceptors (Lipinski definition) is 4. The summed E-state index contributed by atoms with van der Waals surface area (Å²) in [5.41, 5.74) is 8.55. The molecule has 0 atom stereocenters. The Morgan fingerprint density at radius 3 is 1.87 bits per heavy atom. The molecule has 4 nitrogen and oxygen atoms in total. The second-order valence-electron chi connectivity index (χ2n) is 12.8. The molecule has 0 aliphatic carbocycles. The van der Waals surface area contributed by atoms with Crippen LogP contribution >= 0.6 is 11.8 Å². The molecule has 6 heteroatoms. The molecule has 3 aromatic heterocycles. The fourth-order valence-electron chi connectivity index (χ4n) is 7.69. The van der Waals surface area contributed by atoms with Gasteiger partial charge in [-0.1, -0.05) is 103 Å². The molecule has 1 aliphatic heterocycles. The first kappa shape index (κ1) is 33.1. The smallest absolute Gasteiger partial charge is 0.503 e. The summed E-state index contributed by atoms with van der Waals surface area (Å²) < 4.78 is 8.88. The van der Waals surface area contributed by atoms with Crippen molar-refractivity contribution in [2.75, 3.05) is 0 Å². The van der Waals surface area contributed by atoms with Crippen LogP contribution in [-0.4, -0.2) is 14.5 Å². The van der Waals surface area contributed by atoms with Crippen LogP contribution in [0.15, 0.2) is 186 Å². The maximum absolute atomic E-state index is 6.58. The molecule has 1 aliphatic rings. The Labute approximate surface area is 326 Å². The SMILES string of the molecule is [Pt+2].[c-]1c(Oc2[c-]c(C3(c4ccccn4)c4ccccc4Sc4ccccc43)ccc2)cccc1-c1cc(-n2c3ccccc3c3ccccc32)ccn1. The molecule has 0 unspecified atom stereocenters. The minimum absolute atomic E-state index is 0. The minimum Gasteiger partial charge on any atom is -0.503 e. The van der Waals surface area contributed by atoms with Gasteiger partial charge >= 0.3 is 21.1 Å². The minimum atomic E-state index is -0.693. The van der Waals surface area contributed by atoms with E-state index in [1.807, 2.05) is 48.8 Å². The number of aromatic nitrogens is 3. The van der Waals surface area contributed by atoms with Gasteiger partial charge in [0.15, 0.2) is 0 Å². The van der Waals surface area contributed by atoms with Crippen LogP contribution in [-0.2, 0) is 26.5 Å². The predicted octanol–water partition coefficient (Wildman–Crippen LogP) is 11.5. The normalized spacial score (nSPS) is 12.8. The van der Waals surface area contributed by atoms with Gasteiger partial charge in [-0.2, -0.15) is 12.1 Å². The molecule has 0 fully saturated rings.